The summed E-state index contributed by atoms with van der Waals surface area (Å²) in [5, 5.41) is 15.0. The summed E-state index contributed by atoms with van der Waals surface area (Å²) in [6.07, 6.45) is 2.45. The predicted octanol–water partition coefficient (Wildman–Crippen LogP) is 0.787. The second kappa shape index (κ2) is 5.68. The standard InChI is InChI=1S/C15H16N6O3/c1-21-12-3-2-10(8-11(12)18-20-21)13(22)17-15(4-6-23-7-5-15)14-16-9-24-19-14/h2-3,8-9H,4-7H2,1H3,(H,17,22). The molecule has 0 bridgehead atoms. The van der Waals surface area contributed by atoms with E-state index in [1.54, 1.807) is 16.8 Å². The van der Waals surface area contributed by atoms with Gasteiger partial charge in [0.2, 0.25) is 6.39 Å². The largest absolute Gasteiger partial charge is 0.381 e. The molecule has 1 aliphatic heterocycles. The average molecular weight is 328 g/mol. The van der Waals surface area contributed by atoms with E-state index in [2.05, 4.69) is 25.8 Å². The number of benzene rings is 1. The van der Waals surface area contributed by atoms with E-state index in [1.165, 1.54) is 6.39 Å². The Labute approximate surface area is 137 Å². The van der Waals surface area contributed by atoms with Crippen molar-refractivity contribution < 1.29 is 14.1 Å². The van der Waals surface area contributed by atoms with E-state index in [0.29, 0.717) is 43.0 Å². The highest BCUT2D eigenvalue weighted by Gasteiger charge is 2.40. The number of carbonyl (C=O) groups excluding carboxylic acids is 1. The van der Waals surface area contributed by atoms with Crippen LogP contribution < -0.4 is 5.32 Å². The van der Waals surface area contributed by atoms with Crippen LogP contribution in [0.2, 0.25) is 0 Å². The third-order valence-corrected chi connectivity index (χ3v) is 4.36. The van der Waals surface area contributed by atoms with Gasteiger partial charge in [0.05, 0.1) is 5.52 Å². The van der Waals surface area contributed by atoms with Crippen LogP contribution in [0.5, 0.6) is 0 Å². The molecule has 2 aromatic heterocycles. The van der Waals surface area contributed by atoms with Crippen molar-refractivity contribution in [3.05, 3.63) is 36.0 Å². The van der Waals surface area contributed by atoms with Gasteiger partial charge in [-0.3, -0.25) is 4.79 Å². The van der Waals surface area contributed by atoms with Crippen molar-refractivity contribution in [3.63, 3.8) is 0 Å². The summed E-state index contributed by atoms with van der Waals surface area (Å²) in [6, 6.07) is 5.31. The SMILES string of the molecule is Cn1nnc2cc(C(=O)NC3(c4ncon4)CCOCC3)ccc21. The summed E-state index contributed by atoms with van der Waals surface area (Å²) in [5.74, 6) is 0.258. The van der Waals surface area contributed by atoms with Gasteiger partial charge in [0.15, 0.2) is 5.82 Å². The van der Waals surface area contributed by atoms with Crippen LogP contribution in [-0.4, -0.2) is 44.3 Å². The van der Waals surface area contributed by atoms with Crippen molar-refractivity contribution in [1.29, 1.82) is 0 Å². The van der Waals surface area contributed by atoms with Crippen molar-refractivity contribution in [1.82, 2.24) is 30.5 Å². The smallest absolute Gasteiger partial charge is 0.252 e. The molecule has 1 aromatic carbocycles. The molecule has 1 saturated heterocycles. The maximum Gasteiger partial charge on any atom is 0.252 e. The van der Waals surface area contributed by atoms with Crippen LogP contribution in [0.15, 0.2) is 29.1 Å². The van der Waals surface area contributed by atoms with Gasteiger partial charge in [0, 0.05) is 38.7 Å². The Kier molecular flexibility index (Phi) is 3.49. The van der Waals surface area contributed by atoms with Crippen molar-refractivity contribution in [3.8, 4) is 0 Å². The van der Waals surface area contributed by atoms with Gasteiger partial charge in [-0.1, -0.05) is 10.4 Å². The Bertz CT molecular complexity index is 867. The topological polar surface area (TPSA) is 108 Å². The molecule has 0 saturated carbocycles. The molecule has 24 heavy (non-hydrogen) atoms. The molecule has 1 fully saturated rings. The van der Waals surface area contributed by atoms with Crippen LogP contribution in [0, 0.1) is 0 Å². The molecular formula is C15H16N6O3. The quantitative estimate of drug-likeness (QED) is 0.757. The van der Waals surface area contributed by atoms with Gasteiger partial charge in [0.25, 0.3) is 5.91 Å². The minimum Gasteiger partial charge on any atom is -0.381 e. The molecule has 1 N–H and O–H groups in total. The molecule has 0 radical (unpaired) electrons. The van der Waals surface area contributed by atoms with Crippen molar-refractivity contribution in [2.24, 2.45) is 7.05 Å². The van der Waals surface area contributed by atoms with Crippen LogP contribution in [0.25, 0.3) is 11.0 Å². The van der Waals surface area contributed by atoms with E-state index in [1.807, 2.05) is 13.1 Å². The zero-order valence-electron chi connectivity index (χ0n) is 13.1. The lowest BCUT2D eigenvalue weighted by Gasteiger charge is -2.35. The van der Waals surface area contributed by atoms with Crippen LogP contribution in [0.4, 0.5) is 0 Å². The monoisotopic (exact) mass is 328 g/mol. The number of ether oxygens (including phenoxy) is 1. The van der Waals surface area contributed by atoms with Gasteiger partial charge in [-0.15, -0.1) is 5.10 Å². The van der Waals surface area contributed by atoms with E-state index < -0.39 is 5.54 Å². The van der Waals surface area contributed by atoms with Crippen LogP contribution in [-0.2, 0) is 17.3 Å². The molecule has 0 unspecified atom stereocenters. The molecule has 3 aromatic rings. The van der Waals surface area contributed by atoms with Crippen molar-refractivity contribution in [2.45, 2.75) is 18.4 Å². The molecule has 9 nitrogen and oxygen atoms in total. The van der Waals surface area contributed by atoms with Gasteiger partial charge < -0.3 is 14.6 Å². The Balaban J connectivity index is 1.64. The van der Waals surface area contributed by atoms with E-state index in [-0.39, 0.29) is 5.91 Å². The van der Waals surface area contributed by atoms with Crippen LogP contribution in [0.3, 0.4) is 0 Å². The van der Waals surface area contributed by atoms with E-state index in [0.717, 1.165) is 5.52 Å². The maximum atomic E-state index is 12.8. The first-order valence-electron chi connectivity index (χ1n) is 7.64. The fraction of sp³-hybridized carbons (Fsp3) is 0.400. The normalized spacial score (nSPS) is 17.0. The highest BCUT2D eigenvalue weighted by atomic mass is 16.5. The average Bonchev–Trinajstić information content (AvgIpc) is 3.26. The number of aromatic nitrogens is 5. The van der Waals surface area contributed by atoms with E-state index in [9.17, 15) is 4.79 Å². The summed E-state index contributed by atoms with van der Waals surface area (Å²) >= 11 is 0. The number of amides is 1. The molecule has 9 heteroatoms. The molecule has 0 aliphatic carbocycles. The molecule has 1 aliphatic rings. The number of hydrogen-bond acceptors (Lipinski definition) is 7. The summed E-state index contributed by atoms with van der Waals surface area (Å²) in [4.78, 5) is 16.9. The second-order valence-corrected chi connectivity index (χ2v) is 5.82. The predicted molar refractivity (Wildman–Crippen MR) is 82.0 cm³/mol. The van der Waals surface area contributed by atoms with Gasteiger partial charge in [0.1, 0.15) is 11.1 Å². The highest BCUT2D eigenvalue weighted by Crippen LogP contribution is 2.30. The Morgan fingerprint density at radius 2 is 2.17 bits per heavy atom. The minimum atomic E-state index is -0.681. The van der Waals surface area contributed by atoms with Gasteiger partial charge in [-0.25, -0.2) is 4.68 Å². The highest BCUT2D eigenvalue weighted by molar-refractivity contribution is 5.97. The third-order valence-electron chi connectivity index (χ3n) is 4.36. The minimum absolute atomic E-state index is 0.214. The Morgan fingerprint density at radius 3 is 2.92 bits per heavy atom. The zero-order valence-corrected chi connectivity index (χ0v) is 13.1. The van der Waals surface area contributed by atoms with Gasteiger partial charge >= 0.3 is 0 Å². The zero-order chi connectivity index (χ0) is 16.6. The van der Waals surface area contributed by atoms with E-state index in [4.69, 9.17) is 9.26 Å². The van der Waals surface area contributed by atoms with Gasteiger partial charge in [-0.05, 0) is 18.2 Å². The summed E-state index contributed by atoms with van der Waals surface area (Å²) in [6.45, 7) is 1.05. The van der Waals surface area contributed by atoms with Crippen molar-refractivity contribution >= 4 is 16.9 Å². The lowest BCUT2D eigenvalue weighted by Crippen LogP contribution is -2.50. The fourth-order valence-electron chi connectivity index (χ4n) is 2.98. The number of aryl methyl sites for hydroxylation is 1. The van der Waals surface area contributed by atoms with Crippen LogP contribution in [0.1, 0.15) is 29.0 Å². The first-order valence-corrected chi connectivity index (χ1v) is 7.64. The summed E-state index contributed by atoms with van der Waals surface area (Å²) < 4.78 is 11.9. The third kappa shape index (κ3) is 2.42. The lowest BCUT2D eigenvalue weighted by atomic mass is 9.88. The molecule has 4 rings (SSSR count). The number of carbonyl (C=O) groups is 1. The number of rotatable bonds is 3. The number of nitrogens with one attached hydrogen (secondary N) is 1. The van der Waals surface area contributed by atoms with Crippen LogP contribution >= 0.6 is 0 Å². The lowest BCUT2D eigenvalue weighted by molar-refractivity contribution is 0.0306. The molecule has 124 valence electrons. The van der Waals surface area contributed by atoms with E-state index >= 15 is 0 Å². The summed E-state index contributed by atoms with van der Waals surface area (Å²) in [7, 11) is 1.81. The first kappa shape index (κ1) is 14.8. The Hall–Kier alpha value is -2.81. The maximum absolute atomic E-state index is 12.8. The molecule has 0 spiro atoms. The first-order chi connectivity index (χ1) is 11.7. The number of fused-ring (bicyclic) bond motifs is 1. The summed E-state index contributed by atoms with van der Waals surface area (Å²) in [5.41, 5.74) is 1.37. The number of hydrogen-bond donors (Lipinski definition) is 1. The Morgan fingerprint density at radius 1 is 1.33 bits per heavy atom. The second-order valence-electron chi connectivity index (χ2n) is 5.82. The fourth-order valence-corrected chi connectivity index (χ4v) is 2.98. The molecule has 3 heterocycles. The molecular weight excluding hydrogens is 312 g/mol. The number of nitrogens with zero attached hydrogens (tertiary/aromatic N) is 5. The van der Waals surface area contributed by atoms with Gasteiger partial charge in [-0.2, -0.15) is 4.98 Å². The molecule has 0 atom stereocenters. The molecule has 1 amide bonds. The van der Waals surface area contributed by atoms with Crippen molar-refractivity contribution in [2.75, 3.05) is 13.2 Å².